The van der Waals surface area contributed by atoms with Gasteiger partial charge in [0.25, 0.3) is 0 Å². The third kappa shape index (κ3) is 3.71. The molecule has 146 valence electrons. The van der Waals surface area contributed by atoms with Crippen LogP contribution in [0.15, 0.2) is 36.5 Å². The Morgan fingerprint density at radius 3 is 2.57 bits per heavy atom. The number of nitrogens with zero attached hydrogens (tertiary/aromatic N) is 1. The predicted molar refractivity (Wildman–Crippen MR) is 110 cm³/mol. The van der Waals surface area contributed by atoms with E-state index in [1.54, 1.807) is 33.4 Å². The van der Waals surface area contributed by atoms with Gasteiger partial charge in [0.05, 0.1) is 37.7 Å². The minimum atomic E-state index is -0.425. The van der Waals surface area contributed by atoms with E-state index in [-0.39, 0.29) is 6.61 Å². The zero-order chi connectivity index (χ0) is 20.3. The summed E-state index contributed by atoms with van der Waals surface area (Å²) in [5.41, 5.74) is 4.66. The van der Waals surface area contributed by atoms with Gasteiger partial charge in [0.2, 0.25) is 0 Å². The number of nitrogens with one attached hydrogen (secondary N) is 1. The van der Waals surface area contributed by atoms with Crippen molar-refractivity contribution in [2.75, 3.05) is 26.1 Å². The van der Waals surface area contributed by atoms with Gasteiger partial charge >= 0.3 is 5.97 Å². The maximum atomic E-state index is 12.6. The van der Waals surface area contributed by atoms with E-state index in [1.165, 1.54) is 0 Å². The molecule has 1 N–H and O–H groups in total. The number of carbonyl (C=O) groups excluding carboxylic acids is 1. The van der Waals surface area contributed by atoms with Crippen molar-refractivity contribution >= 4 is 28.2 Å². The molecule has 3 aromatic rings. The molecule has 0 bridgehead atoms. The Hall–Kier alpha value is -3.28. The molecule has 0 aliphatic rings. The smallest absolute Gasteiger partial charge is 0.341 e. The summed E-state index contributed by atoms with van der Waals surface area (Å²) < 4.78 is 16.0. The molecule has 0 saturated carbocycles. The quantitative estimate of drug-likeness (QED) is 0.620. The van der Waals surface area contributed by atoms with Gasteiger partial charge in [0.1, 0.15) is 17.1 Å². The Balaban J connectivity index is 2.22. The molecule has 1 aromatic heterocycles. The molecule has 3 rings (SSSR count). The number of anilines is 2. The van der Waals surface area contributed by atoms with E-state index < -0.39 is 5.97 Å². The monoisotopic (exact) mass is 380 g/mol. The number of fused-ring (bicyclic) bond motifs is 1. The molecule has 28 heavy (non-hydrogen) atoms. The molecular formula is C22H24N2O4. The summed E-state index contributed by atoms with van der Waals surface area (Å²) in [6, 6.07) is 9.54. The highest BCUT2D eigenvalue weighted by Gasteiger charge is 2.19. The van der Waals surface area contributed by atoms with Crippen molar-refractivity contribution in [3.05, 3.63) is 53.2 Å². The zero-order valence-corrected chi connectivity index (χ0v) is 16.8. The van der Waals surface area contributed by atoms with Crippen LogP contribution in [-0.2, 0) is 4.74 Å². The van der Waals surface area contributed by atoms with Gasteiger partial charge < -0.3 is 19.5 Å². The van der Waals surface area contributed by atoms with E-state index in [2.05, 4.69) is 16.4 Å². The zero-order valence-electron chi connectivity index (χ0n) is 16.8. The van der Waals surface area contributed by atoms with E-state index in [1.807, 2.05) is 32.0 Å². The van der Waals surface area contributed by atoms with Crippen molar-refractivity contribution in [1.29, 1.82) is 0 Å². The van der Waals surface area contributed by atoms with Gasteiger partial charge in [-0.25, -0.2) is 4.79 Å². The minimum Gasteiger partial charge on any atom is -0.497 e. The highest BCUT2D eigenvalue weighted by Crippen LogP contribution is 2.36. The Labute approximate surface area is 164 Å². The SMILES string of the molecule is CCOC(=O)c1cnc2c(C)cc(C)cc2c1Nc1ccc(OC)cc1OC. The third-order valence-corrected chi connectivity index (χ3v) is 4.47. The lowest BCUT2D eigenvalue weighted by atomic mass is 10.0. The van der Waals surface area contributed by atoms with Gasteiger partial charge in [-0.3, -0.25) is 4.98 Å². The number of rotatable bonds is 6. The fourth-order valence-electron chi connectivity index (χ4n) is 3.20. The van der Waals surface area contributed by atoms with Gasteiger partial charge in [0, 0.05) is 17.6 Å². The number of methoxy groups -OCH3 is 2. The maximum absolute atomic E-state index is 12.6. The number of esters is 1. The van der Waals surface area contributed by atoms with Gasteiger partial charge in [-0.2, -0.15) is 0 Å². The highest BCUT2D eigenvalue weighted by molar-refractivity contribution is 6.07. The van der Waals surface area contributed by atoms with Crippen LogP contribution in [0, 0.1) is 13.8 Å². The van der Waals surface area contributed by atoms with E-state index >= 15 is 0 Å². The highest BCUT2D eigenvalue weighted by atomic mass is 16.5. The lowest BCUT2D eigenvalue weighted by Gasteiger charge is -2.17. The van der Waals surface area contributed by atoms with Crippen LogP contribution in [0.25, 0.3) is 10.9 Å². The molecule has 6 heteroatoms. The Morgan fingerprint density at radius 1 is 1.11 bits per heavy atom. The molecule has 0 fully saturated rings. The summed E-state index contributed by atoms with van der Waals surface area (Å²) in [4.78, 5) is 17.1. The van der Waals surface area contributed by atoms with Gasteiger partial charge in [-0.15, -0.1) is 0 Å². The first-order chi connectivity index (χ1) is 13.5. The lowest BCUT2D eigenvalue weighted by Crippen LogP contribution is -2.10. The number of hydrogen-bond donors (Lipinski definition) is 1. The second-order valence-corrected chi connectivity index (χ2v) is 6.44. The molecule has 0 spiro atoms. The minimum absolute atomic E-state index is 0.287. The summed E-state index contributed by atoms with van der Waals surface area (Å²) in [7, 11) is 3.19. The van der Waals surface area contributed by atoms with Crippen LogP contribution in [-0.4, -0.2) is 31.8 Å². The maximum Gasteiger partial charge on any atom is 0.341 e. The number of ether oxygens (including phenoxy) is 3. The summed E-state index contributed by atoms with van der Waals surface area (Å²) in [5, 5.41) is 4.21. The number of hydrogen-bond acceptors (Lipinski definition) is 6. The third-order valence-electron chi connectivity index (χ3n) is 4.47. The van der Waals surface area contributed by atoms with Gasteiger partial charge in [0.15, 0.2) is 0 Å². The van der Waals surface area contributed by atoms with Gasteiger partial charge in [-0.05, 0) is 44.5 Å². The molecule has 0 atom stereocenters. The largest absolute Gasteiger partial charge is 0.497 e. The van der Waals surface area contributed by atoms with Crippen LogP contribution < -0.4 is 14.8 Å². The van der Waals surface area contributed by atoms with Crippen LogP contribution >= 0.6 is 0 Å². The molecular weight excluding hydrogens is 356 g/mol. The first-order valence-corrected chi connectivity index (χ1v) is 9.04. The van der Waals surface area contributed by atoms with E-state index in [9.17, 15) is 4.79 Å². The number of carbonyl (C=O) groups is 1. The van der Waals surface area contributed by atoms with Crippen LogP contribution in [0.2, 0.25) is 0 Å². The molecule has 1 heterocycles. The number of pyridine rings is 1. The van der Waals surface area contributed by atoms with Crippen molar-refractivity contribution in [3.8, 4) is 11.5 Å². The van der Waals surface area contributed by atoms with Crippen LogP contribution in [0.3, 0.4) is 0 Å². The van der Waals surface area contributed by atoms with Crippen molar-refractivity contribution in [2.24, 2.45) is 0 Å². The first kappa shape index (κ1) is 19.5. The normalized spacial score (nSPS) is 10.6. The average Bonchev–Trinajstić information content (AvgIpc) is 2.68. The molecule has 0 unspecified atom stereocenters. The van der Waals surface area contributed by atoms with Crippen molar-refractivity contribution in [2.45, 2.75) is 20.8 Å². The molecule has 0 saturated heterocycles. The Bertz CT molecular complexity index is 1030. The second kappa shape index (κ2) is 8.17. The summed E-state index contributed by atoms with van der Waals surface area (Å²) >= 11 is 0. The summed E-state index contributed by atoms with van der Waals surface area (Å²) in [6.07, 6.45) is 1.56. The van der Waals surface area contributed by atoms with Crippen LogP contribution in [0.1, 0.15) is 28.4 Å². The standard InChI is InChI=1S/C22H24N2O4/c1-6-28-22(25)17-12-23-20-14(3)9-13(2)10-16(20)21(17)24-18-8-7-15(26-4)11-19(18)27-5/h7-12H,6H2,1-5H3,(H,23,24). The lowest BCUT2D eigenvalue weighted by molar-refractivity contribution is 0.0527. The Kier molecular flexibility index (Phi) is 5.68. The van der Waals surface area contributed by atoms with Crippen molar-refractivity contribution < 1.29 is 19.0 Å². The second-order valence-electron chi connectivity index (χ2n) is 6.44. The van der Waals surface area contributed by atoms with Crippen molar-refractivity contribution in [3.63, 3.8) is 0 Å². The molecule has 0 aliphatic carbocycles. The molecule has 0 amide bonds. The van der Waals surface area contributed by atoms with Crippen LogP contribution in [0.4, 0.5) is 11.4 Å². The Morgan fingerprint density at radius 2 is 1.89 bits per heavy atom. The van der Waals surface area contributed by atoms with Gasteiger partial charge in [-0.1, -0.05) is 11.6 Å². The molecule has 0 aliphatic heterocycles. The topological polar surface area (TPSA) is 69.7 Å². The number of aryl methyl sites for hydroxylation is 2. The molecule has 2 aromatic carbocycles. The predicted octanol–water partition coefficient (Wildman–Crippen LogP) is 4.79. The number of benzene rings is 2. The van der Waals surface area contributed by atoms with Crippen molar-refractivity contribution in [1.82, 2.24) is 4.98 Å². The van der Waals surface area contributed by atoms with E-state index in [4.69, 9.17) is 14.2 Å². The van der Waals surface area contributed by atoms with E-state index in [0.29, 0.717) is 28.4 Å². The fourth-order valence-corrected chi connectivity index (χ4v) is 3.20. The molecule has 0 radical (unpaired) electrons. The van der Waals surface area contributed by atoms with E-state index in [0.717, 1.165) is 22.0 Å². The fraction of sp³-hybridized carbons (Fsp3) is 0.273. The summed E-state index contributed by atoms with van der Waals surface area (Å²) in [6.45, 7) is 6.08. The van der Waals surface area contributed by atoms with Crippen LogP contribution in [0.5, 0.6) is 11.5 Å². The summed E-state index contributed by atoms with van der Waals surface area (Å²) in [5.74, 6) is 0.855. The first-order valence-electron chi connectivity index (χ1n) is 9.04. The average molecular weight is 380 g/mol. The number of aromatic nitrogens is 1. The molecule has 6 nitrogen and oxygen atoms in total.